The smallest absolute Gasteiger partial charge is 0.348 e. The molecule has 0 radical (unpaired) electrons. The Morgan fingerprint density at radius 1 is 1.46 bits per heavy atom. The van der Waals surface area contributed by atoms with Crippen LogP contribution in [0.15, 0.2) is 6.33 Å². The van der Waals surface area contributed by atoms with Gasteiger partial charge in [-0.1, -0.05) is 0 Å². The maximum absolute atomic E-state index is 12.0. The number of hydrogen-bond donors (Lipinski definition) is 2. The molecule has 2 aromatic rings. The molecule has 1 unspecified atom stereocenters. The number of hydrogen-bond acceptors (Lipinski definition) is 8. The van der Waals surface area contributed by atoms with Crippen molar-refractivity contribution in [2.75, 3.05) is 18.6 Å². The molecule has 24 heavy (non-hydrogen) atoms. The molecule has 3 rings (SSSR count). The van der Waals surface area contributed by atoms with Gasteiger partial charge >= 0.3 is 5.97 Å². The molecule has 1 amide bonds. The summed E-state index contributed by atoms with van der Waals surface area (Å²) in [5.41, 5.74) is 6.15. The fraction of sp³-hybridized carbons (Fsp3) is 0.467. The number of ether oxygens (including phenoxy) is 2. The van der Waals surface area contributed by atoms with Crippen LogP contribution in [-0.4, -0.2) is 41.2 Å². The Morgan fingerprint density at radius 3 is 3.00 bits per heavy atom. The summed E-state index contributed by atoms with van der Waals surface area (Å²) in [6, 6.07) is 0. The predicted octanol–water partition coefficient (Wildman–Crippen LogP) is 1.80. The molecule has 8 nitrogen and oxygen atoms in total. The zero-order valence-electron chi connectivity index (χ0n) is 13.4. The third kappa shape index (κ3) is 3.17. The van der Waals surface area contributed by atoms with E-state index < -0.39 is 6.10 Å². The number of anilines is 1. The van der Waals surface area contributed by atoms with Crippen molar-refractivity contribution in [2.24, 2.45) is 0 Å². The van der Waals surface area contributed by atoms with Gasteiger partial charge in [0, 0.05) is 6.61 Å². The van der Waals surface area contributed by atoms with Crippen LogP contribution >= 0.6 is 11.3 Å². The van der Waals surface area contributed by atoms with Gasteiger partial charge in [-0.3, -0.25) is 15.6 Å². The number of aromatic nitrogens is 2. The molecule has 9 heteroatoms. The highest BCUT2D eigenvalue weighted by Gasteiger charge is 2.24. The molecule has 0 saturated carbocycles. The molecule has 1 saturated heterocycles. The van der Waals surface area contributed by atoms with E-state index in [1.807, 2.05) is 6.92 Å². The molecule has 0 bridgehead atoms. The molecular formula is C15H18N4O4S. The second-order valence-corrected chi connectivity index (χ2v) is 6.29. The minimum Gasteiger partial charge on any atom is -0.462 e. The summed E-state index contributed by atoms with van der Waals surface area (Å²) in [5, 5.41) is 0.693. The number of fused-ring (bicyclic) bond motifs is 1. The Balaban J connectivity index is 1.82. The van der Waals surface area contributed by atoms with Crippen LogP contribution in [0.25, 0.3) is 10.2 Å². The molecule has 3 heterocycles. The topological polar surface area (TPSA) is 102 Å². The SMILES string of the molecule is CCOC(=O)c1sc2ncnc(NNC(=O)C3CCCO3)c2c1C. The second-order valence-electron chi connectivity index (χ2n) is 5.29. The number of amides is 1. The van der Waals surface area contributed by atoms with E-state index in [9.17, 15) is 9.59 Å². The number of hydrazine groups is 1. The van der Waals surface area contributed by atoms with E-state index in [1.54, 1.807) is 6.92 Å². The van der Waals surface area contributed by atoms with Gasteiger partial charge in [-0.05, 0) is 32.3 Å². The molecule has 2 N–H and O–H groups in total. The number of esters is 1. The summed E-state index contributed by atoms with van der Waals surface area (Å²) < 4.78 is 10.4. The second kappa shape index (κ2) is 7.10. The Morgan fingerprint density at radius 2 is 2.29 bits per heavy atom. The number of thiophene rings is 1. The van der Waals surface area contributed by atoms with Gasteiger partial charge in [0.15, 0.2) is 5.82 Å². The van der Waals surface area contributed by atoms with Crippen LogP contribution in [0.5, 0.6) is 0 Å². The average Bonchev–Trinajstić information content (AvgIpc) is 3.21. The van der Waals surface area contributed by atoms with E-state index in [-0.39, 0.29) is 11.9 Å². The monoisotopic (exact) mass is 350 g/mol. The number of rotatable bonds is 5. The van der Waals surface area contributed by atoms with Crippen molar-refractivity contribution in [3.63, 3.8) is 0 Å². The van der Waals surface area contributed by atoms with Gasteiger partial charge in [0.05, 0.1) is 12.0 Å². The van der Waals surface area contributed by atoms with E-state index in [2.05, 4.69) is 20.8 Å². The normalized spacial score (nSPS) is 17.0. The highest BCUT2D eigenvalue weighted by atomic mass is 32.1. The van der Waals surface area contributed by atoms with Gasteiger partial charge in [-0.2, -0.15) is 0 Å². The van der Waals surface area contributed by atoms with Crippen LogP contribution in [0.4, 0.5) is 5.82 Å². The summed E-state index contributed by atoms with van der Waals surface area (Å²) in [6.45, 7) is 4.47. The Kier molecular flexibility index (Phi) is 4.91. The number of nitrogens with one attached hydrogen (secondary N) is 2. The lowest BCUT2D eigenvalue weighted by Gasteiger charge is -2.12. The van der Waals surface area contributed by atoms with Gasteiger partial charge in [0.1, 0.15) is 22.1 Å². The fourth-order valence-electron chi connectivity index (χ4n) is 2.54. The minimum atomic E-state index is -0.437. The number of aryl methyl sites for hydroxylation is 1. The van der Waals surface area contributed by atoms with Gasteiger partial charge in [0.2, 0.25) is 0 Å². The summed E-state index contributed by atoms with van der Waals surface area (Å²) in [4.78, 5) is 33.5. The first-order chi connectivity index (χ1) is 11.6. The highest BCUT2D eigenvalue weighted by molar-refractivity contribution is 7.20. The zero-order valence-corrected chi connectivity index (χ0v) is 14.2. The number of carbonyl (C=O) groups is 2. The molecule has 1 atom stereocenters. The Hall–Kier alpha value is -2.26. The van der Waals surface area contributed by atoms with Crippen molar-refractivity contribution in [1.29, 1.82) is 0 Å². The van der Waals surface area contributed by atoms with Crippen molar-refractivity contribution in [3.05, 3.63) is 16.8 Å². The fourth-order valence-corrected chi connectivity index (χ4v) is 3.59. The van der Waals surface area contributed by atoms with Crippen LogP contribution in [0.2, 0.25) is 0 Å². The molecule has 0 aromatic carbocycles. The van der Waals surface area contributed by atoms with Crippen molar-refractivity contribution in [2.45, 2.75) is 32.8 Å². The van der Waals surface area contributed by atoms with E-state index in [0.29, 0.717) is 40.5 Å². The predicted molar refractivity (Wildman–Crippen MR) is 88.8 cm³/mol. The van der Waals surface area contributed by atoms with Crippen molar-refractivity contribution >= 4 is 39.2 Å². The molecule has 1 aliphatic rings. The minimum absolute atomic E-state index is 0.238. The number of carbonyl (C=O) groups excluding carboxylic acids is 2. The van der Waals surface area contributed by atoms with Crippen molar-refractivity contribution in [3.8, 4) is 0 Å². The van der Waals surface area contributed by atoms with Crippen LogP contribution < -0.4 is 10.9 Å². The standard InChI is InChI=1S/C15H18N4O4S/c1-3-22-15(21)11-8(2)10-12(16-7-17-14(10)24-11)18-19-13(20)9-5-4-6-23-9/h7,9H,3-6H2,1-2H3,(H,19,20)(H,16,17,18). The van der Waals surface area contributed by atoms with Crippen LogP contribution in [0.3, 0.4) is 0 Å². The lowest BCUT2D eigenvalue weighted by molar-refractivity contribution is -0.129. The summed E-state index contributed by atoms with van der Waals surface area (Å²) in [7, 11) is 0. The first-order valence-corrected chi connectivity index (χ1v) is 8.52. The molecule has 1 fully saturated rings. The number of nitrogens with zero attached hydrogens (tertiary/aromatic N) is 2. The molecule has 128 valence electrons. The van der Waals surface area contributed by atoms with E-state index in [4.69, 9.17) is 9.47 Å². The quantitative estimate of drug-likeness (QED) is 0.626. The van der Waals surface area contributed by atoms with Crippen LogP contribution in [-0.2, 0) is 14.3 Å². The first-order valence-electron chi connectivity index (χ1n) is 7.70. The van der Waals surface area contributed by atoms with Crippen molar-refractivity contribution in [1.82, 2.24) is 15.4 Å². The largest absolute Gasteiger partial charge is 0.462 e. The first kappa shape index (κ1) is 16.6. The lowest BCUT2D eigenvalue weighted by Crippen LogP contribution is -2.38. The maximum atomic E-state index is 12.0. The van der Waals surface area contributed by atoms with Gasteiger partial charge in [0.25, 0.3) is 5.91 Å². The summed E-state index contributed by atoms with van der Waals surface area (Å²) in [5.74, 6) is -0.180. The lowest BCUT2D eigenvalue weighted by atomic mass is 10.2. The molecule has 2 aromatic heterocycles. The van der Waals surface area contributed by atoms with Gasteiger partial charge in [-0.15, -0.1) is 11.3 Å². The third-order valence-corrected chi connectivity index (χ3v) is 4.89. The maximum Gasteiger partial charge on any atom is 0.348 e. The molecule has 0 spiro atoms. The molecule has 0 aliphatic carbocycles. The van der Waals surface area contributed by atoms with Crippen molar-refractivity contribution < 1.29 is 19.1 Å². The van der Waals surface area contributed by atoms with E-state index >= 15 is 0 Å². The highest BCUT2D eigenvalue weighted by Crippen LogP contribution is 2.33. The summed E-state index contributed by atoms with van der Waals surface area (Å²) in [6.07, 6.45) is 2.53. The Bertz CT molecular complexity index is 770. The zero-order chi connectivity index (χ0) is 17.1. The average molecular weight is 350 g/mol. The third-order valence-electron chi connectivity index (χ3n) is 3.71. The van der Waals surface area contributed by atoms with E-state index in [0.717, 1.165) is 12.0 Å². The Labute approximate surface area is 142 Å². The van der Waals surface area contributed by atoms with Gasteiger partial charge in [-0.25, -0.2) is 14.8 Å². The molecule has 1 aliphatic heterocycles. The van der Waals surface area contributed by atoms with Gasteiger partial charge < -0.3 is 9.47 Å². The van der Waals surface area contributed by atoms with Crippen LogP contribution in [0.1, 0.15) is 35.0 Å². The van der Waals surface area contributed by atoms with E-state index in [1.165, 1.54) is 17.7 Å². The summed E-state index contributed by atoms with van der Waals surface area (Å²) >= 11 is 1.24. The van der Waals surface area contributed by atoms with Crippen LogP contribution in [0, 0.1) is 6.92 Å². The molecular weight excluding hydrogens is 332 g/mol.